The highest BCUT2D eigenvalue weighted by Gasteiger charge is 2.21. The van der Waals surface area contributed by atoms with Crippen molar-refractivity contribution in [3.8, 4) is 34.0 Å². The molecule has 10 heteroatoms. The molecule has 3 heterocycles. The van der Waals surface area contributed by atoms with E-state index in [2.05, 4.69) is 32.6 Å². The lowest BCUT2D eigenvalue weighted by atomic mass is 10.1. The van der Waals surface area contributed by atoms with Crippen LogP contribution in [-0.2, 0) is 22.5 Å². The van der Waals surface area contributed by atoms with Gasteiger partial charge < -0.3 is 24.9 Å². The van der Waals surface area contributed by atoms with Crippen molar-refractivity contribution in [2.75, 3.05) is 25.6 Å². The Morgan fingerprint density at radius 3 is 2.58 bits per heavy atom. The summed E-state index contributed by atoms with van der Waals surface area (Å²) in [6.45, 7) is 3.66. The maximum absolute atomic E-state index is 12.6. The fourth-order valence-corrected chi connectivity index (χ4v) is 5.42. The largest absolute Gasteiger partial charge is 0.611 e. The van der Waals surface area contributed by atoms with Gasteiger partial charge in [-0.15, -0.1) is 0 Å². The van der Waals surface area contributed by atoms with Crippen molar-refractivity contribution < 1.29 is 18.2 Å². The van der Waals surface area contributed by atoms with Gasteiger partial charge in [-0.3, -0.25) is 4.39 Å². The van der Waals surface area contributed by atoms with E-state index in [9.17, 15) is 8.94 Å². The average molecular weight is 536 g/mol. The number of aromatic nitrogens is 3. The first-order valence-corrected chi connectivity index (χ1v) is 13.8. The van der Waals surface area contributed by atoms with Crippen molar-refractivity contribution in [3.05, 3.63) is 66.4 Å². The molecule has 4 aromatic rings. The van der Waals surface area contributed by atoms with Crippen LogP contribution in [0.15, 0.2) is 70.2 Å². The summed E-state index contributed by atoms with van der Waals surface area (Å²) in [6, 6.07) is 17.5. The Hall–Kier alpha value is -3.31. The average Bonchev–Trinajstić information content (AvgIpc) is 3.65. The molecule has 0 bridgehead atoms. The molecule has 5 rings (SSSR count). The topological polar surface area (TPSA) is 122 Å². The van der Waals surface area contributed by atoms with Gasteiger partial charge >= 0.3 is 0 Å². The van der Waals surface area contributed by atoms with E-state index in [-0.39, 0.29) is 17.5 Å². The summed E-state index contributed by atoms with van der Waals surface area (Å²) in [7, 11) is 0. The molecule has 8 nitrogen and oxygen atoms in total. The van der Waals surface area contributed by atoms with Gasteiger partial charge in [0.2, 0.25) is 0 Å². The lowest BCUT2D eigenvalue weighted by Gasteiger charge is -2.16. The van der Waals surface area contributed by atoms with Crippen LogP contribution in [0.1, 0.15) is 25.3 Å². The zero-order chi connectivity index (χ0) is 26.5. The molecule has 0 aliphatic carbocycles. The highest BCUT2D eigenvalue weighted by Crippen LogP contribution is 2.30. The minimum atomic E-state index is -1.28. The Kier molecular flexibility index (Phi) is 8.33. The van der Waals surface area contributed by atoms with Gasteiger partial charge in [-0.05, 0) is 54.3 Å². The van der Waals surface area contributed by atoms with Crippen LogP contribution in [0.2, 0.25) is 0 Å². The van der Waals surface area contributed by atoms with Crippen molar-refractivity contribution in [3.63, 3.8) is 0 Å². The molecule has 38 heavy (non-hydrogen) atoms. The quantitative estimate of drug-likeness (QED) is 0.278. The van der Waals surface area contributed by atoms with Gasteiger partial charge in [0.15, 0.2) is 22.2 Å². The normalized spacial score (nSPS) is 17.0. The molecule has 3 atom stereocenters. The molecule has 0 spiro atoms. The molecule has 0 saturated carbocycles. The Morgan fingerprint density at radius 1 is 1.13 bits per heavy atom. The Morgan fingerprint density at radius 2 is 1.87 bits per heavy atom. The smallest absolute Gasteiger partial charge is 0.189 e. The van der Waals surface area contributed by atoms with Crippen molar-refractivity contribution >= 4 is 17.0 Å². The number of halogens is 1. The number of nitrogens with two attached hydrogens (primary N) is 1. The summed E-state index contributed by atoms with van der Waals surface area (Å²) in [6.07, 6.45) is 2.89. The van der Waals surface area contributed by atoms with Crippen LogP contribution in [0.3, 0.4) is 0 Å². The zero-order valence-electron chi connectivity index (χ0n) is 21.1. The molecule has 1 aliphatic heterocycles. The van der Waals surface area contributed by atoms with Crippen LogP contribution in [0.5, 0.6) is 0 Å². The molecule has 3 N–H and O–H groups in total. The van der Waals surface area contributed by atoms with Crippen LogP contribution in [0.4, 0.5) is 10.2 Å². The summed E-state index contributed by atoms with van der Waals surface area (Å²) in [5.74, 6) is 0.642. The second-order valence-corrected chi connectivity index (χ2v) is 11.2. The highest BCUT2D eigenvalue weighted by atomic mass is 32.2. The number of hydrogen-bond donors (Lipinski definition) is 2. The molecule has 2 aromatic heterocycles. The molecule has 0 amide bonds. The Bertz CT molecular complexity index is 1340. The number of nitrogens with zero attached hydrogens (tertiary/aromatic N) is 3. The lowest BCUT2D eigenvalue weighted by molar-refractivity contribution is 0.190. The van der Waals surface area contributed by atoms with E-state index in [0.29, 0.717) is 33.8 Å². The van der Waals surface area contributed by atoms with Gasteiger partial charge in [0.1, 0.15) is 10.9 Å². The van der Waals surface area contributed by atoms with E-state index < -0.39 is 17.9 Å². The first kappa shape index (κ1) is 26.3. The molecule has 2 aromatic carbocycles. The van der Waals surface area contributed by atoms with Crippen LogP contribution in [0.25, 0.3) is 34.0 Å². The van der Waals surface area contributed by atoms with Gasteiger partial charge in [0, 0.05) is 42.8 Å². The van der Waals surface area contributed by atoms with Crippen molar-refractivity contribution in [1.29, 1.82) is 0 Å². The molecular weight excluding hydrogens is 505 g/mol. The zero-order valence-corrected chi connectivity index (χ0v) is 21.9. The molecular formula is C28H30FN5O3S. The number of alkyl halides is 1. The third-order valence-electron chi connectivity index (χ3n) is 6.58. The highest BCUT2D eigenvalue weighted by molar-refractivity contribution is 7.92. The SMILES string of the molecule is CC(CCF)[S+]([O-])c1ccc(-c2cnc(N)c(-c3cc(-c4ccc(CNC5CCOC5)cc4)no3)n2)cc1. The summed E-state index contributed by atoms with van der Waals surface area (Å²) in [5, 5.41) is 7.47. The predicted octanol–water partition coefficient (Wildman–Crippen LogP) is 4.78. The number of nitrogen functional groups attached to an aromatic ring is 1. The maximum Gasteiger partial charge on any atom is 0.189 e. The van der Waals surface area contributed by atoms with E-state index in [4.69, 9.17) is 15.0 Å². The van der Waals surface area contributed by atoms with Crippen LogP contribution in [-0.4, -0.2) is 50.9 Å². The predicted molar refractivity (Wildman–Crippen MR) is 145 cm³/mol. The van der Waals surface area contributed by atoms with E-state index in [1.807, 2.05) is 24.3 Å². The maximum atomic E-state index is 12.6. The Labute approximate surface area is 224 Å². The molecule has 1 aliphatic rings. The fraction of sp³-hybridized carbons (Fsp3) is 0.321. The second-order valence-electron chi connectivity index (χ2n) is 9.31. The van der Waals surface area contributed by atoms with Gasteiger partial charge in [-0.1, -0.05) is 29.4 Å². The van der Waals surface area contributed by atoms with E-state index >= 15 is 0 Å². The monoisotopic (exact) mass is 535 g/mol. The first-order valence-electron chi connectivity index (χ1n) is 12.6. The number of nitrogens with one attached hydrogen (secondary N) is 1. The number of benzene rings is 2. The third kappa shape index (κ3) is 6.05. The number of anilines is 1. The summed E-state index contributed by atoms with van der Waals surface area (Å²) in [5.41, 5.74) is 10.7. The third-order valence-corrected chi connectivity index (χ3v) is 8.29. The molecule has 0 radical (unpaired) electrons. The summed E-state index contributed by atoms with van der Waals surface area (Å²) < 4.78 is 36.2. The summed E-state index contributed by atoms with van der Waals surface area (Å²) >= 11 is -1.28. The van der Waals surface area contributed by atoms with E-state index in [0.717, 1.165) is 37.3 Å². The van der Waals surface area contributed by atoms with Gasteiger partial charge in [0.25, 0.3) is 0 Å². The van der Waals surface area contributed by atoms with Gasteiger partial charge in [-0.25, -0.2) is 9.97 Å². The second kappa shape index (κ2) is 12.0. The fourth-order valence-electron chi connectivity index (χ4n) is 4.25. The van der Waals surface area contributed by atoms with Crippen molar-refractivity contribution in [2.45, 2.75) is 42.5 Å². The van der Waals surface area contributed by atoms with Gasteiger partial charge in [0.05, 0.1) is 25.2 Å². The molecule has 198 valence electrons. The number of hydrogen-bond acceptors (Lipinski definition) is 8. The van der Waals surface area contributed by atoms with E-state index in [1.54, 1.807) is 31.3 Å². The standard InChI is InChI=1S/C28H30FN5O3S/c1-18(10-12-29)38(35)23-8-6-21(7-9-23)25-16-32-28(30)27(33-25)26-14-24(34-37-26)20-4-2-19(3-5-20)15-31-22-11-13-36-17-22/h2-9,14,16,18,22,31H,10-13,15,17H2,1H3,(H2,30,32). The molecule has 1 fully saturated rings. The number of rotatable bonds is 10. The lowest BCUT2D eigenvalue weighted by Crippen LogP contribution is -2.28. The van der Waals surface area contributed by atoms with Crippen LogP contribution >= 0.6 is 0 Å². The van der Waals surface area contributed by atoms with Crippen LogP contribution in [0, 0.1) is 0 Å². The molecule has 3 unspecified atom stereocenters. The molecule has 1 saturated heterocycles. The van der Waals surface area contributed by atoms with Gasteiger partial charge in [-0.2, -0.15) is 0 Å². The van der Waals surface area contributed by atoms with Crippen molar-refractivity contribution in [2.24, 2.45) is 0 Å². The minimum absolute atomic E-state index is 0.228. The van der Waals surface area contributed by atoms with Crippen LogP contribution < -0.4 is 11.1 Å². The van der Waals surface area contributed by atoms with E-state index in [1.165, 1.54) is 5.56 Å². The Balaban J connectivity index is 1.30. The number of ether oxygens (including phenoxy) is 1. The minimum Gasteiger partial charge on any atom is -0.611 e. The van der Waals surface area contributed by atoms with Crippen molar-refractivity contribution in [1.82, 2.24) is 20.4 Å². The first-order chi connectivity index (χ1) is 18.5. The summed E-state index contributed by atoms with van der Waals surface area (Å²) in [4.78, 5) is 9.61.